The van der Waals surface area contributed by atoms with Crippen molar-refractivity contribution in [3.8, 4) is 0 Å². The Hall–Kier alpha value is -1.20. The minimum absolute atomic E-state index is 0.375. The number of nitrogens with zero attached hydrogens (tertiary/aromatic N) is 3. The second-order valence-corrected chi connectivity index (χ2v) is 4.56. The van der Waals surface area contributed by atoms with Crippen molar-refractivity contribution in [1.29, 1.82) is 0 Å². The minimum Gasteiger partial charge on any atom is -0.392 e. The maximum absolute atomic E-state index is 9.81. The largest absolute Gasteiger partial charge is 0.392 e. The second-order valence-electron chi connectivity index (χ2n) is 3.52. The van der Waals surface area contributed by atoms with Gasteiger partial charge in [-0.1, -0.05) is 11.3 Å². The van der Waals surface area contributed by atoms with Crippen molar-refractivity contribution >= 4 is 11.3 Å². The van der Waals surface area contributed by atoms with Crippen LogP contribution in [0.1, 0.15) is 10.6 Å². The Labute approximate surface area is 92.2 Å². The molecular weight excluding hydrogens is 210 g/mol. The van der Waals surface area contributed by atoms with Crippen LogP contribution in [0.4, 0.5) is 0 Å². The normalized spacial score (nSPS) is 12.9. The molecule has 1 atom stereocenters. The Kier molecular flexibility index (Phi) is 3.13. The quantitative estimate of drug-likeness (QED) is 0.842. The second kappa shape index (κ2) is 4.55. The molecule has 0 aliphatic rings. The summed E-state index contributed by atoms with van der Waals surface area (Å²) in [5.41, 5.74) is 0.835. The summed E-state index contributed by atoms with van der Waals surface area (Å²) in [6, 6.07) is 4.03. The third-order valence-corrected chi connectivity index (χ3v) is 3.01. The van der Waals surface area contributed by atoms with Crippen LogP contribution in [0.2, 0.25) is 0 Å². The van der Waals surface area contributed by atoms with Crippen LogP contribution >= 0.6 is 11.3 Å². The van der Waals surface area contributed by atoms with Gasteiger partial charge in [0.05, 0.1) is 11.8 Å². The molecule has 5 heteroatoms. The van der Waals surface area contributed by atoms with Crippen LogP contribution in [0.5, 0.6) is 0 Å². The highest BCUT2D eigenvalue weighted by Gasteiger charge is 2.09. The molecule has 2 rings (SSSR count). The molecule has 0 spiro atoms. The highest BCUT2D eigenvalue weighted by atomic mass is 32.1. The summed E-state index contributed by atoms with van der Waals surface area (Å²) in [5, 5.41) is 19.6. The summed E-state index contributed by atoms with van der Waals surface area (Å²) in [5.74, 6) is 0. The first-order chi connectivity index (χ1) is 7.24. The van der Waals surface area contributed by atoms with Gasteiger partial charge in [-0.05, 0) is 11.4 Å². The molecule has 2 aromatic rings. The zero-order valence-electron chi connectivity index (χ0n) is 8.50. The standard InChI is InChI=1S/C10H13N3OS/c1-13-7-8(11-12-13)5-9(14)6-10-3-2-4-15-10/h2-4,7,9,14H,5-6H2,1H3. The zero-order chi connectivity index (χ0) is 10.7. The summed E-state index contributed by atoms with van der Waals surface area (Å²) in [4.78, 5) is 1.20. The third kappa shape index (κ3) is 2.87. The molecule has 0 aliphatic heterocycles. The van der Waals surface area contributed by atoms with E-state index in [1.54, 1.807) is 16.0 Å². The lowest BCUT2D eigenvalue weighted by atomic mass is 10.1. The Balaban J connectivity index is 1.90. The fourth-order valence-corrected chi connectivity index (χ4v) is 2.24. The Bertz CT molecular complexity index is 410. The van der Waals surface area contributed by atoms with Crippen molar-refractivity contribution in [2.24, 2.45) is 7.05 Å². The Morgan fingerprint density at radius 3 is 3.00 bits per heavy atom. The molecule has 0 amide bonds. The van der Waals surface area contributed by atoms with Crippen molar-refractivity contribution in [3.05, 3.63) is 34.3 Å². The van der Waals surface area contributed by atoms with E-state index < -0.39 is 0 Å². The van der Waals surface area contributed by atoms with Crippen molar-refractivity contribution in [3.63, 3.8) is 0 Å². The predicted octanol–water partition coefficient (Wildman–Crippen LogP) is 1.02. The molecule has 0 bridgehead atoms. The summed E-state index contributed by atoms with van der Waals surface area (Å²) in [6.07, 6.45) is 2.71. The van der Waals surface area contributed by atoms with Gasteiger partial charge in [0.15, 0.2) is 0 Å². The van der Waals surface area contributed by atoms with Gasteiger partial charge in [-0.3, -0.25) is 4.68 Å². The average Bonchev–Trinajstić information content (AvgIpc) is 2.77. The summed E-state index contributed by atoms with van der Waals surface area (Å²) in [6.45, 7) is 0. The molecule has 1 unspecified atom stereocenters. The van der Waals surface area contributed by atoms with E-state index in [1.807, 2.05) is 30.8 Å². The first-order valence-corrected chi connectivity index (χ1v) is 5.67. The number of thiophene rings is 1. The first-order valence-electron chi connectivity index (χ1n) is 4.79. The first kappa shape index (κ1) is 10.3. The van der Waals surface area contributed by atoms with Crippen molar-refractivity contribution in [2.75, 3.05) is 0 Å². The van der Waals surface area contributed by atoms with Crippen LogP contribution in [-0.4, -0.2) is 26.2 Å². The van der Waals surface area contributed by atoms with Crippen molar-refractivity contribution in [2.45, 2.75) is 18.9 Å². The van der Waals surface area contributed by atoms with E-state index in [0.29, 0.717) is 12.8 Å². The highest BCUT2D eigenvalue weighted by molar-refractivity contribution is 7.09. The summed E-state index contributed by atoms with van der Waals surface area (Å²) < 4.78 is 1.65. The molecule has 0 saturated heterocycles. The molecule has 0 aliphatic carbocycles. The van der Waals surface area contributed by atoms with Crippen LogP contribution in [0.3, 0.4) is 0 Å². The number of aliphatic hydroxyl groups excluding tert-OH is 1. The molecule has 15 heavy (non-hydrogen) atoms. The van der Waals surface area contributed by atoms with Crippen LogP contribution in [0, 0.1) is 0 Å². The number of aromatic nitrogens is 3. The molecule has 4 nitrogen and oxygen atoms in total. The van der Waals surface area contributed by atoms with Gasteiger partial charge >= 0.3 is 0 Å². The number of rotatable bonds is 4. The molecule has 0 saturated carbocycles. The molecule has 0 aromatic carbocycles. The van der Waals surface area contributed by atoms with Gasteiger partial charge in [0.1, 0.15) is 0 Å². The average molecular weight is 223 g/mol. The number of hydrogen-bond acceptors (Lipinski definition) is 4. The fraction of sp³-hybridized carbons (Fsp3) is 0.400. The number of hydrogen-bond donors (Lipinski definition) is 1. The predicted molar refractivity (Wildman–Crippen MR) is 58.7 cm³/mol. The fourth-order valence-electron chi connectivity index (χ4n) is 1.46. The minimum atomic E-state index is -0.375. The molecule has 2 heterocycles. The maximum atomic E-state index is 9.81. The lowest BCUT2D eigenvalue weighted by Crippen LogP contribution is -2.13. The monoisotopic (exact) mass is 223 g/mol. The van der Waals surface area contributed by atoms with Gasteiger partial charge in [-0.15, -0.1) is 16.4 Å². The van der Waals surface area contributed by atoms with E-state index >= 15 is 0 Å². The van der Waals surface area contributed by atoms with E-state index in [9.17, 15) is 5.11 Å². The van der Waals surface area contributed by atoms with Crippen LogP contribution < -0.4 is 0 Å². The van der Waals surface area contributed by atoms with E-state index in [-0.39, 0.29) is 6.10 Å². The highest BCUT2D eigenvalue weighted by Crippen LogP contribution is 2.12. The summed E-state index contributed by atoms with van der Waals surface area (Å²) in [7, 11) is 1.82. The van der Waals surface area contributed by atoms with Gasteiger partial charge in [-0.2, -0.15) is 0 Å². The van der Waals surface area contributed by atoms with E-state index in [0.717, 1.165) is 5.69 Å². The smallest absolute Gasteiger partial charge is 0.0852 e. The van der Waals surface area contributed by atoms with Gasteiger partial charge < -0.3 is 5.11 Å². The van der Waals surface area contributed by atoms with E-state index in [2.05, 4.69) is 10.3 Å². The molecule has 0 radical (unpaired) electrons. The van der Waals surface area contributed by atoms with Gasteiger partial charge in [0.2, 0.25) is 0 Å². The zero-order valence-corrected chi connectivity index (χ0v) is 9.31. The van der Waals surface area contributed by atoms with Crippen molar-refractivity contribution in [1.82, 2.24) is 15.0 Å². The Morgan fingerprint density at radius 1 is 1.53 bits per heavy atom. The molecule has 0 fully saturated rings. The van der Waals surface area contributed by atoms with Crippen molar-refractivity contribution < 1.29 is 5.11 Å². The van der Waals surface area contributed by atoms with E-state index in [1.165, 1.54) is 4.88 Å². The third-order valence-electron chi connectivity index (χ3n) is 2.11. The lowest BCUT2D eigenvalue weighted by Gasteiger charge is -2.05. The van der Waals surface area contributed by atoms with Crippen LogP contribution in [0.15, 0.2) is 23.7 Å². The lowest BCUT2D eigenvalue weighted by molar-refractivity contribution is 0.175. The van der Waals surface area contributed by atoms with Crippen LogP contribution in [0.25, 0.3) is 0 Å². The van der Waals surface area contributed by atoms with Gasteiger partial charge in [-0.25, -0.2) is 0 Å². The van der Waals surface area contributed by atoms with Gasteiger partial charge in [0, 0.05) is 31.0 Å². The molecular formula is C10H13N3OS. The number of aryl methyl sites for hydroxylation is 1. The topological polar surface area (TPSA) is 50.9 Å². The Morgan fingerprint density at radius 2 is 2.40 bits per heavy atom. The van der Waals surface area contributed by atoms with Crippen LogP contribution in [-0.2, 0) is 19.9 Å². The molecule has 80 valence electrons. The summed E-state index contributed by atoms with van der Waals surface area (Å²) >= 11 is 1.67. The molecule has 2 aromatic heterocycles. The maximum Gasteiger partial charge on any atom is 0.0852 e. The van der Waals surface area contributed by atoms with Gasteiger partial charge in [0.25, 0.3) is 0 Å². The SMILES string of the molecule is Cn1cc(CC(O)Cc2cccs2)nn1. The van der Waals surface area contributed by atoms with E-state index in [4.69, 9.17) is 0 Å². The molecule has 1 N–H and O–H groups in total. The number of aliphatic hydroxyl groups is 1.